The van der Waals surface area contributed by atoms with Crippen molar-refractivity contribution in [2.45, 2.75) is 25.0 Å². The Kier molecular flexibility index (Phi) is 6.64. The SMILES string of the molecule is Nc1ccccc1NC(=O)C1=Cc2cc(N3CC[C@](O)(C(=O)NCc4cc(F)cc(Cl)c4)C3=O)ccc2C1. The van der Waals surface area contributed by atoms with E-state index in [0.29, 0.717) is 34.6 Å². The lowest BCUT2D eigenvalue weighted by Gasteiger charge is -2.22. The van der Waals surface area contributed by atoms with Crippen LogP contribution >= 0.6 is 11.6 Å². The summed E-state index contributed by atoms with van der Waals surface area (Å²) in [5.41, 5.74) is 7.76. The predicted molar refractivity (Wildman–Crippen MR) is 143 cm³/mol. The lowest BCUT2D eigenvalue weighted by Crippen LogP contribution is -2.52. The molecule has 0 unspecified atom stereocenters. The fraction of sp³-hybridized carbons (Fsp3) is 0.179. The van der Waals surface area contributed by atoms with Gasteiger partial charge in [0.05, 0.1) is 11.4 Å². The van der Waals surface area contributed by atoms with Crippen molar-refractivity contribution in [2.24, 2.45) is 0 Å². The monoisotopic (exact) mass is 534 g/mol. The number of nitrogens with two attached hydrogens (primary N) is 1. The molecule has 0 aromatic heterocycles. The molecule has 5 rings (SSSR count). The van der Waals surface area contributed by atoms with Crippen LogP contribution in [0, 0.1) is 5.82 Å². The van der Waals surface area contributed by atoms with Crippen LogP contribution < -0.4 is 21.3 Å². The minimum absolute atomic E-state index is 0.102. The number of nitrogens with one attached hydrogen (secondary N) is 2. The summed E-state index contributed by atoms with van der Waals surface area (Å²) >= 11 is 5.84. The van der Waals surface area contributed by atoms with E-state index in [1.165, 1.54) is 17.0 Å². The first kappa shape index (κ1) is 25.4. The number of amides is 3. The Labute approximate surface area is 222 Å². The molecule has 3 aromatic carbocycles. The summed E-state index contributed by atoms with van der Waals surface area (Å²) in [6.07, 6.45) is 2.05. The highest BCUT2D eigenvalue weighted by atomic mass is 35.5. The summed E-state index contributed by atoms with van der Waals surface area (Å²) in [5, 5.41) is 16.4. The number of rotatable bonds is 6. The average molecular weight is 535 g/mol. The van der Waals surface area contributed by atoms with E-state index in [1.54, 1.807) is 42.5 Å². The number of halogens is 2. The Morgan fingerprint density at radius 1 is 1.13 bits per heavy atom. The standard InChI is InChI=1S/C28H24ClFN4O4/c29-20-9-16(10-21(30)14-20)15-32-26(36)28(38)7-8-34(27(28)37)22-6-5-17-11-19(12-18(17)13-22)25(35)33-24-4-2-1-3-23(24)31/h1-6,9-10,12-14,38H,7-8,11,15,31H2,(H,32,36)(H,33,35)/t28-/m0/s1. The van der Waals surface area contributed by atoms with Gasteiger partial charge in [-0.25, -0.2) is 4.39 Å². The molecule has 3 amide bonds. The Bertz CT molecular complexity index is 1490. The van der Waals surface area contributed by atoms with E-state index in [9.17, 15) is 23.9 Å². The molecule has 1 heterocycles. The Morgan fingerprint density at radius 2 is 1.92 bits per heavy atom. The van der Waals surface area contributed by atoms with Gasteiger partial charge in [-0.2, -0.15) is 0 Å². The van der Waals surface area contributed by atoms with Crippen LogP contribution in [0.2, 0.25) is 5.02 Å². The van der Waals surface area contributed by atoms with Gasteiger partial charge in [0.25, 0.3) is 17.7 Å². The number of nitrogen functional groups attached to an aromatic ring is 1. The summed E-state index contributed by atoms with van der Waals surface area (Å²) in [4.78, 5) is 40.0. The highest BCUT2D eigenvalue weighted by Crippen LogP contribution is 2.34. The molecule has 1 aliphatic carbocycles. The molecule has 1 aliphatic heterocycles. The molecule has 8 nitrogen and oxygen atoms in total. The first-order valence-electron chi connectivity index (χ1n) is 11.9. The molecular formula is C28H24ClFN4O4. The van der Waals surface area contributed by atoms with Gasteiger partial charge in [-0.05, 0) is 65.2 Å². The number of fused-ring (bicyclic) bond motifs is 1. The molecule has 10 heteroatoms. The number of carbonyl (C=O) groups excluding carboxylic acids is 3. The first-order valence-corrected chi connectivity index (χ1v) is 12.3. The van der Waals surface area contributed by atoms with Crippen molar-refractivity contribution < 1.29 is 23.9 Å². The van der Waals surface area contributed by atoms with E-state index in [2.05, 4.69) is 10.6 Å². The molecule has 2 aliphatic rings. The molecule has 1 fully saturated rings. The third kappa shape index (κ3) is 4.85. The van der Waals surface area contributed by atoms with Gasteiger partial charge >= 0.3 is 0 Å². The number of para-hydroxylation sites is 2. The first-order chi connectivity index (χ1) is 18.1. The Morgan fingerprint density at radius 3 is 2.68 bits per heavy atom. The van der Waals surface area contributed by atoms with Crippen LogP contribution in [0.4, 0.5) is 21.5 Å². The van der Waals surface area contributed by atoms with Gasteiger partial charge in [0.1, 0.15) is 5.82 Å². The van der Waals surface area contributed by atoms with Gasteiger partial charge in [-0.3, -0.25) is 14.4 Å². The van der Waals surface area contributed by atoms with Gasteiger partial charge in [-0.15, -0.1) is 0 Å². The predicted octanol–water partition coefficient (Wildman–Crippen LogP) is 3.42. The van der Waals surface area contributed by atoms with Crippen molar-refractivity contribution in [3.05, 3.63) is 93.8 Å². The topological polar surface area (TPSA) is 125 Å². The maximum absolute atomic E-state index is 13.6. The smallest absolute Gasteiger partial charge is 0.268 e. The summed E-state index contributed by atoms with van der Waals surface area (Å²) < 4.78 is 13.6. The second kappa shape index (κ2) is 9.92. The number of anilines is 3. The van der Waals surface area contributed by atoms with Crippen molar-refractivity contribution in [3.63, 3.8) is 0 Å². The van der Waals surface area contributed by atoms with Gasteiger partial charge in [0.2, 0.25) is 5.60 Å². The molecule has 1 saturated heterocycles. The van der Waals surface area contributed by atoms with Crippen LogP contribution in [-0.2, 0) is 27.3 Å². The number of nitrogens with zero attached hydrogens (tertiary/aromatic N) is 1. The third-order valence-electron chi connectivity index (χ3n) is 6.70. The summed E-state index contributed by atoms with van der Waals surface area (Å²) in [6, 6.07) is 16.1. The normalized spacial score (nSPS) is 18.2. The summed E-state index contributed by atoms with van der Waals surface area (Å²) in [5.74, 6) is -2.46. The molecule has 3 aromatic rings. The summed E-state index contributed by atoms with van der Waals surface area (Å²) in [6.45, 7) is 0.0205. The number of carbonyl (C=O) groups is 3. The van der Waals surface area contributed by atoms with Crippen molar-refractivity contribution >= 4 is 52.5 Å². The van der Waals surface area contributed by atoms with Crippen molar-refractivity contribution in [1.82, 2.24) is 5.32 Å². The van der Waals surface area contributed by atoms with Crippen LogP contribution in [0.25, 0.3) is 6.08 Å². The molecule has 0 radical (unpaired) electrons. The second-order valence-corrected chi connectivity index (χ2v) is 9.73. The average Bonchev–Trinajstić information content (AvgIpc) is 3.44. The highest BCUT2D eigenvalue weighted by Gasteiger charge is 2.51. The quantitative estimate of drug-likeness (QED) is 0.285. The Balaban J connectivity index is 1.27. The number of benzene rings is 3. The zero-order chi connectivity index (χ0) is 27.0. The van der Waals surface area contributed by atoms with E-state index in [0.717, 1.165) is 17.2 Å². The molecule has 1 atom stereocenters. The molecule has 0 saturated carbocycles. The van der Waals surface area contributed by atoms with Gasteiger partial charge in [0.15, 0.2) is 0 Å². The fourth-order valence-electron chi connectivity index (χ4n) is 4.65. The zero-order valence-electron chi connectivity index (χ0n) is 20.1. The van der Waals surface area contributed by atoms with E-state index in [1.807, 2.05) is 6.07 Å². The summed E-state index contributed by atoms with van der Waals surface area (Å²) in [7, 11) is 0. The van der Waals surface area contributed by atoms with Crippen molar-refractivity contribution in [1.29, 1.82) is 0 Å². The highest BCUT2D eigenvalue weighted by molar-refractivity contribution is 6.30. The van der Waals surface area contributed by atoms with Gasteiger partial charge in [0, 0.05) is 42.2 Å². The van der Waals surface area contributed by atoms with Crippen LogP contribution in [0.1, 0.15) is 23.1 Å². The molecule has 38 heavy (non-hydrogen) atoms. The van der Waals surface area contributed by atoms with Crippen LogP contribution in [0.3, 0.4) is 0 Å². The second-order valence-electron chi connectivity index (χ2n) is 9.30. The maximum Gasteiger partial charge on any atom is 0.268 e. The molecular weight excluding hydrogens is 511 g/mol. The lowest BCUT2D eigenvalue weighted by atomic mass is 10.0. The molecule has 0 bridgehead atoms. The maximum atomic E-state index is 13.6. The van der Waals surface area contributed by atoms with E-state index in [-0.39, 0.29) is 30.4 Å². The minimum Gasteiger partial charge on any atom is -0.397 e. The largest absolute Gasteiger partial charge is 0.397 e. The van der Waals surface area contributed by atoms with Crippen LogP contribution in [0.15, 0.2) is 66.2 Å². The molecule has 194 valence electrons. The number of hydrogen-bond donors (Lipinski definition) is 4. The van der Waals surface area contributed by atoms with E-state index in [4.69, 9.17) is 17.3 Å². The van der Waals surface area contributed by atoms with Crippen LogP contribution in [0.5, 0.6) is 0 Å². The minimum atomic E-state index is -2.26. The fourth-order valence-corrected chi connectivity index (χ4v) is 4.90. The van der Waals surface area contributed by atoms with Gasteiger partial charge in [-0.1, -0.05) is 29.8 Å². The van der Waals surface area contributed by atoms with E-state index >= 15 is 0 Å². The van der Waals surface area contributed by atoms with Crippen molar-refractivity contribution in [3.8, 4) is 0 Å². The van der Waals surface area contributed by atoms with Crippen molar-refractivity contribution in [2.75, 3.05) is 22.5 Å². The lowest BCUT2D eigenvalue weighted by molar-refractivity contribution is -0.149. The Hall–Kier alpha value is -4.21. The van der Waals surface area contributed by atoms with Gasteiger partial charge < -0.3 is 26.4 Å². The third-order valence-corrected chi connectivity index (χ3v) is 6.92. The van der Waals surface area contributed by atoms with Crippen LogP contribution in [-0.4, -0.2) is 35.0 Å². The number of hydrogen-bond acceptors (Lipinski definition) is 5. The molecule has 0 spiro atoms. The number of aliphatic hydroxyl groups is 1. The molecule has 5 N–H and O–H groups in total. The zero-order valence-corrected chi connectivity index (χ0v) is 20.9. The van der Waals surface area contributed by atoms with E-state index < -0.39 is 23.2 Å².